The van der Waals surface area contributed by atoms with E-state index in [4.69, 9.17) is 4.74 Å². The Bertz CT molecular complexity index is 1440. The standard InChI is InChI=1S/C21H14F3IN6O4/c1-35-13-4-5-15-14(7-13)28-20(21(22,23)24)30(15)18-10-26-17(9-27-18)29-19(32)11-2-3-12(8-25)16(6-11)31(33)34/h2-7,9-10H,8H2,1H3,(H,26,29,32). The van der Waals surface area contributed by atoms with E-state index in [9.17, 15) is 28.1 Å². The van der Waals surface area contributed by atoms with Gasteiger partial charge in [-0.25, -0.2) is 15.0 Å². The zero-order valence-corrected chi connectivity index (χ0v) is 19.9. The van der Waals surface area contributed by atoms with Gasteiger partial charge in [-0.3, -0.25) is 19.5 Å². The van der Waals surface area contributed by atoms with Crippen LogP contribution in [0.3, 0.4) is 0 Å². The SMILES string of the molecule is COc1ccc2c(c1)nc(C(F)(F)F)n2-c1cnc(NC(=O)c2ccc(CI)c([N+](=O)[O-])c2)cn1. The molecule has 0 bridgehead atoms. The van der Waals surface area contributed by atoms with Crippen molar-refractivity contribution in [3.05, 3.63) is 75.9 Å². The Labute approximate surface area is 208 Å². The van der Waals surface area contributed by atoms with Crippen molar-refractivity contribution in [2.24, 2.45) is 0 Å². The van der Waals surface area contributed by atoms with E-state index >= 15 is 0 Å². The maximum atomic E-state index is 13.7. The Morgan fingerprint density at radius 3 is 2.57 bits per heavy atom. The number of alkyl halides is 4. The molecule has 10 nitrogen and oxygen atoms in total. The number of aromatic nitrogens is 4. The maximum Gasteiger partial charge on any atom is 0.450 e. The molecule has 1 N–H and O–H groups in total. The van der Waals surface area contributed by atoms with Crippen LogP contribution < -0.4 is 10.1 Å². The molecule has 0 radical (unpaired) electrons. The molecule has 0 fully saturated rings. The number of imidazole rings is 1. The molecule has 35 heavy (non-hydrogen) atoms. The first kappa shape index (κ1) is 24.3. The van der Waals surface area contributed by atoms with Crippen LogP contribution >= 0.6 is 22.6 Å². The molecule has 2 aromatic carbocycles. The van der Waals surface area contributed by atoms with E-state index in [1.807, 2.05) is 22.6 Å². The smallest absolute Gasteiger partial charge is 0.450 e. The fourth-order valence-corrected chi connectivity index (χ4v) is 3.93. The first-order chi connectivity index (χ1) is 16.6. The zero-order valence-electron chi connectivity index (χ0n) is 17.7. The molecule has 2 aromatic heterocycles. The summed E-state index contributed by atoms with van der Waals surface area (Å²) in [6.45, 7) is 0. The van der Waals surface area contributed by atoms with Crippen molar-refractivity contribution >= 4 is 51.0 Å². The van der Waals surface area contributed by atoms with Crippen molar-refractivity contribution < 1.29 is 27.6 Å². The van der Waals surface area contributed by atoms with Gasteiger partial charge < -0.3 is 10.1 Å². The van der Waals surface area contributed by atoms with Gasteiger partial charge in [0, 0.05) is 27.7 Å². The summed E-state index contributed by atoms with van der Waals surface area (Å²) in [7, 11) is 1.39. The molecular weight excluding hydrogens is 584 g/mol. The molecule has 0 aliphatic rings. The van der Waals surface area contributed by atoms with Gasteiger partial charge in [0.25, 0.3) is 11.6 Å². The Hall–Kier alpha value is -3.82. The number of hydrogen-bond acceptors (Lipinski definition) is 7. The van der Waals surface area contributed by atoms with E-state index in [1.165, 1.54) is 37.4 Å². The van der Waals surface area contributed by atoms with E-state index in [0.717, 1.165) is 23.0 Å². The van der Waals surface area contributed by atoms with Crippen molar-refractivity contribution in [3.63, 3.8) is 0 Å². The summed E-state index contributed by atoms with van der Waals surface area (Å²) in [4.78, 5) is 34.9. The lowest BCUT2D eigenvalue weighted by Crippen LogP contribution is -2.16. The van der Waals surface area contributed by atoms with Gasteiger partial charge >= 0.3 is 6.18 Å². The molecule has 2 heterocycles. The number of fused-ring (bicyclic) bond motifs is 1. The molecule has 4 aromatic rings. The number of anilines is 1. The lowest BCUT2D eigenvalue weighted by atomic mass is 10.1. The Kier molecular flexibility index (Phi) is 6.56. The van der Waals surface area contributed by atoms with Crippen LogP contribution in [0.25, 0.3) is 16.9 Å². The number of nitrogens with one attached hydrogen (secondary N) is 1. The number of benzene rings is 2. The molecule has 0 aliphatic heterocycles. The number of amides is 1. The maximum absolute atomic E-state index is 13.7. The highest BCUT2D eigenvalue weighted by Gasteiger charge is 2.38. The van der Waals surface area contributed by atoms with Gasteiger partial charge in [-0.15, -0.1) is 0 Å². The summed E-state index contributed by atoms with van der Waals surface area (Å²) in [5.74, 6) is -1.78. The molecule has 0 unspecified atom stereocenters. The fraction of sp³-hybridized carbons (Fsp3) is 0.143. The molecule has 14 heteroatoms. The number of rotatable bonds is 6. The Morgan fingerprint density at radius 2 is 1.97 bits per heavy atom. The number of nitro groups is 1. The first-order valence-electron chi connectivity index (χ1n) is 9.73. The summed E-state index contributed by atoms with van der Waals surface area (Å²) < 4.78 is 47.2. The monoisotopic (exact) mass is 598 g/mol. The predicted octanol–water partition coefficient (Wildman–Crippen LogP) is 4.94. The molecule has 0 atom stereocenters. The van der Waals surface area contributed by atoms with Crippen LogP contribution in [-0.4, -0.2) is 37.5 Å². The van der Waals surface area contributed by atoms with Crippen LogP contribution in [0, 0.1) is 10.1 Å². The highest BCUT2D eigenvalue weighted by Crippen LogP contribution is 2.34. The van der Waals surface area contributed by atoms with Crippen LogP contribution in [0.5, 0.6) is 5.75 Å². The minimum Gasteiger partial charge on any atom is -0.497 e. The van der Waals surface area contributed by atoms with Crippen molar-refractivity contribution in [2.75, 3.05) is 12.4 Å². The first-order valence-corrected chi connectivity index (χ1v) is 11.3. The van der Waals surface area contributed by atoms with Gasteiger partial charge in [0.05, 0.1) is 35.5 Å². The molecule has 0 spiro atoms. The number of methoxy groups -OCH3 is 1. The lowest BCUT2D eigenvalue weighted by molar-refractivity contribution is -0.385. The quantitative estimate of drug-likeness (QED) is 0.144. The summed E-state index contributed by atoms with van der Waals surface area (Å²) >= 11 is 1.98. The largest absolute Gasteiger partial charge is 0.497 e. The Morgan fingerprint density at radius 1 is 1.20 bits per heavy atom. The van der Waals surface area contributed by atoms with Crippen LogP contribution in [0.2, 0.25) is 0 Å². The van der Waals surface area contributed by atoms with Gasteiger partial charge in [-0.2, -0.15) is 13.2 Å². The van der Waals surface area contributed by atoms with E-state index < -0.39 is 22.8 Å². The second-order valence-electron chi connectivity index (χ2n) is 7.07. The van der Waals surface area contributed by atoms with Gasteiger partial charge in [-0.1, -0.05) is 28.7 Å². The summed E-state index contributed by atoms with van der Waals surface area (Å²) in [6.07, 6.45) is -2.64. The van der Waals surface area contributed by atoms with E-state index in [1.54, 1.807) is 0 Å². The fourth-order valence-electron chi connectivity index (χ4n) is 3.29. The lowest BCUT2D eigenvalue weighted by Gasteiger charge is -2.11. The number of ether oxygens (including phenoxy) is 1. The minimum atomic E-state index is -4.78. The van der Waals surface area contributed by atoms with E-state index in [-0.39, 0.29) is 33.9 Å². The molecule has 4 rings (SSSR count). The topological polar surface area (TPSA) is 125 Å². The number of carbonyl (C=O) groups is 1. The number of halogens is 4. The average Bonchev–Trinajstić information content (AvgIpc) is 3.23. The van der Waals surface area contributed by atoms with Crippen molar-refractivity contribution in [1.82, 2.24) is 19.5 Å². The summed E-state index contributed by atoms with van der Waals surface area (Å²) in [5.41, 5.74) is 0.461. The molecule has 180 valence electrons. The van der Waals surface area contributed by atoms with Crippen molar-refractivity contribution in [2.45, 2.75) is 10.6 Å². The van der Waals surface area contributed by atoms with Gasteiger partial charge in [-0.05, 0) is 18.2 Å². The van der Waals surface area contributed by atoms with Crippen molar-refractivity contribution in [3.8, 4) is 11.6 Å². The zero-order chi connectivity index (χ0) is 25.3. The van der Waals surface area contributed by atoms with Crippen LogP contribution in [0.1, 0.15) is 21.7 Å². The van der Waals surface area contributed by atoms with Crippen LogP contribution in [-0.2, 0) is 10.6 Å². The average molecular weight is 598 g/mol. The highest BCUT2D eigenvalue weighted by atomic mass is 127. The number of nitro benzene ring substituents is 1. The van der Waals surface area contributed by atoms with Crippen LogP contribution in [0.15, 0.2) is 48.8 Å². The third-order valence-electron chi connectivity index (χ3n) is 4.91. The van der Waals surface area contributed by atoms with Crippen LogP contribution in [0.4, 0.5) is 24.7 Å². The number of hydrogen-bond donors (Lipinski definition) is 1. The molecule has 0 saturated carbocycles. The van der Waals surface area contributed by atoms with Gasteiger partial charge in [0.15, 0.2) is 11.6 Å². The molecule has 1 amide bonds. The molecule has 0 saturated heterocycles. The van der Waals surface area contributed by atoms with Gasteiger partial charge in [0.2, 0.25) is 5.82 Å². The molecule has 0 aliphatic carbocycles. The third-order valence-corrected chi connectivity index (χ3v) is 5.73. The van der Waals surface area contributed by atoms with Gasteiger partial charge in [0.1, 0.15) is 5.75 Å². The second kappa shape index (κ2) is 9.44. The number of carbonyl (C=O) groups excluding carboxylic acids is 1. The second-order valence-corrected chi connectivity index (χ2v) is 7.83. The normalized spacial score (nSPS) is 11.5. The Balaban J connectivity index is 1.65. The van der Waals surface area contributed by atoms with Crippen molar-refractivity contribution in [1.29, 1.82) is 0 Å². The molecular formula is C21H14F3IN6O4. The summed E-state index contributed by atoms with van der Waals surface area (Å²) in [6, 6.07) is 8.33. The minimum absolute atomic E-state index is 0.0186. The number of nitrogens with zero attached hydrogens (tertiary/aromatic N) is 5. The van der Waals surface area contributed by atoms with E-state index in [0.29, 0.717) is 15.7 Å². The summed E-state index contributed by atoms with van der Waals surface area (Å²) in [5, 5.41) is 13.7. The third kappa shape index (κ3) is 4.87. The predicted molar refractivity (Wildman–Crippen MR) is 127 cm³/mol. The van der Waals surface area contributed by atoms with E-state index in [2.05, 4.69) is 20.3 Å². The highest BCUT2D eigenvalue weighted by molar-refractivity contribution is 14.1.